The molecular formula is C48H54N7O8P. The number of fused-ring (bicyclic) bond motifs is 1. The van der Waals surface area contributed by atoms with Gasteiger partial charge in [-0.05, 0) is 80.8 Å². The van der Waals surface area contributed by atoms with Crippen molar-refractivity contribution in [3.63, 3.8) is 0 Å². The SMILES string of the molecule is COc1ccc(C(OC[C@@H]2C[C@@H](OP(OCCC#N)N(C(C)C)C(C)C)[C@H](n3cnc4c(NC(=O)COc5ccccc5)ncnc43)O2)(c2ccccc2)c2ccc(OC)cc2)cc1. The Labute approximate surface area is 375 Å². The summed E-state index contributed by atoms with van der Waals surface area (Å²) in [6.07, 6.45) is 1.72. The third-order valence-electron chi connectivity index (χ3n) is 10.7. The van der Waals surface area contributed by atoms with Crippen LogP contribution in [0.4, 0.5) is 5.82 Å². The molecule has 15 nitrogen and oxygen atoms in total. The van der Waals surface area contributed by atoms with E-state index in [0.29, 0.717) is 34.8 Å². The summed E-state index contributed by atoms with van der Waals surface area (Å²) in [5, 5.41) is 12.3. The minimum Gasteiger partial charge on any atom is -0.497 e. The van der Waals surface area contributed by atoms with E-state index in [2.05, 4.69) is 70.8 Å². The molecule has 334 valence electrons. The lowest BCUT2D eigenvalue weighted by molar-refractivity contribution is -0.118. The number of nitriles is 1. The van der Waals surface area contributed by atoms with Crippen LogP contribution < -0.4 is 19.5 Å². The zero-order chi connectivity index (χ0) is 45.1. The van der Waals surface area contributed by atoms with Crippen LogP contribution in [0, 0.1) is 11.3 Å². The monoisotopic (exact) mass is 887 g/mol. The molecule has 0 saturated carbocycles. The second kappa shape index (κ2) is 21.6. The molecule has 4 aromatic carbocycles. The van der Waals surface area contributed by atoms with Gasteiger partial charge < -0.3 is 38.0 Å². The van der Waals surface area contributed by atoms with Gasteiger partial charge in [-0.2, -0.15) is 5.26 Å². The van der Waals surface area contributed by atoms with Gasteiger partial charge in [0.25, 0.3) is 14.4 Å². The van der Waals surface area contributed by atoms with Crippen LogP contribution in [0.2, 0.25) is 0 Å². The Balaban J connectivity index is 1.24. The quantitative estimate of drug-likeness (QED) is 0.0415. The van der Waals surface area contributed by atoms with Gasteiger partial charge in [0.15, 0.2) is 29.8 Å². The van der Waals surface area contributed by atoms with Gasteiger partial charge >= 0.3 is 0 Å². The fourth-order valence-electron chi connectivity index (χ4n) is 7.83. The van der Waals surface area contributed by atoms with E-state index in [4.69, 9.17) is 32.7 Å². The van der Waals surface area contributed by atoms with Crippen LogP contribution in [-0.2, 0) is 28.9 Å². The van der Waals surface area contributed by atoms with Crippen LogP contribution in [0.1, 0.15) is 63.5 Å². The molecule has 1 aliphatic rings. The number of ether oxygens (including phenoxy) is 5. The second-order valence-corrected chi connectivity index (χ2v) is 17.0. The summed E-state index contributed by atoms with van der Waals surface area (Å²) in [4.78, 5) is 26.7. The molecule has 1 unspecified atom stereocenters. The fourth-order valence-corrected chi connectivity index (χ4v) is 9.56. The van der Waals surface area contributed by atoms with Crippen molar-refractivity contribution in [3.05, 3.63) is 139 Å². The van der Waals surface area contributed by atoms with E-state index in [1.54, 1.807) is 37.2 Å². The number of hydrogen-bond donors (Lipinski definition) is 1. The molecule has 16 heteroatoms. The van der Waals surface area contributed by atoms with Gasteiger partial charge in [0.1, 0.15) is 35.3 Å². The lowest BCUT2D eigenvalue weighted by Gasteiger charge is -2.37. The first-order valence-electron chi connectivity index (χ1n) is 21.2. The minimum absolute atomic E-state index is 0.0624. The number of anilines is 1. The second-order valence-electron chi connectivity index (χ2n) is 15.6. The fraction of sp³-hybridized carbons (Fsp3) is 0.354. The van der Waals surface area contributed by atoms with E-state index < -0.39 is 38.5 Å². The summed E-state index contributed by atoms with van der Waals surface area (Å²) in [6.45, 7) is 8.47. The van der Waals surface area contributed by atoms with Gasteiger partial charge in [0, 0.05) is 18.5 Å². The maximum absolute atomic E-state index is 13.1. The number of imidazole rings is 1. The Morgan fingerprint density at radius 2 is 1.47 bits per heavy atom. The lowest BCUT2D eigenvalue weighted by Crippen LogP contribution is -2.36. The van der Waals surface area contributed by atoms with Gasteiger partial charge in [0.2, 0.25) is 0 Å². The van der Waals surface area contributed by atoms with E-state index in [-0.39, 0.29) is 44.1 Å². The van der Waals surface area contributed by atoms with Crippen molar-refractivity contribution < 1.29 is 37.5 Å². The maximum Gasteiger partial charge on any atom is 0.263 e. The third kappa shape index (κ3) is 10.5. The molecule has 1 fully saturated rings. The summed E-state index contributed by atoms with van der Waals surface area (Å²) >= 11 is 0. The topological polar surface area (TPSA) is 164 Å². The van der Waals surface area contributed by atoms with Crippen LogP contribution in [0.15, 0.2) is 122 Å². The molecule has 1 amide bonds. The van der Waals surface area contributed by atoms with Crippen LogP contribution in [-0.4, -0.2) is 88.4 Å². The zero-order valence-electron chi connectivity index (χ0n) is 36.9. The molecule has 0 spiro atoms. The van der Waals surface area contributed by atoms with Crippen molar-refractivity contribution in [2.75, 3.05) is 39.4 Å². The predicted octanol–water partition coefficient (Wildman–Crippen LogP) is 8.82. The van der Waals surface area contributed by atoms with Crippen molar-refractivity contribution in [3.8, 4) is 23.3 Å². The van der Waals surface area contributed by atoms with E-state index in [1.165, 1.54) is 6.33 Å². The normalized spacial score (nSPS) is 16.8. The van der Waals surface area contributed by atoms with Gasteiger partial charge in [-0.25, -0.2) is 19.6 Å². The molecule has 1 N–H and O–H groups in total. The van der Waals surface area contributed by atoms with Gasteiger partial charge in [0.05, 0.1) is 52.4 Å². The molecule has 0 radical (unpaired) electrons. The van der Waals surface area contributed by atoms with Crippen LogP contribution >= 0.6 is 8.53 Å². The Kier molecular flexibility index (Phi) is 15.5. The molecular weight excluding hydrogens is 834 g/mol. The van der Waals surface area contributed by atoms with Crippen molar-refractivity contribution >= 4 is 31.4 Å². The van der Waals surface area contributed by atoms with E-state index in [1.807, 2.05) is 84.9 Å². The van der Waals surface area contributed by atoms with E-state index in [9.17, 15) is 10.1 Å². The standard InChI is InChI=1S/C48H54N7O8P/c1-33(2)55(34(3)4)64(61-27-13-26-49)63-42-28-41(62-47(42)54-32-52-44-45(50-31-51-46(44)54)53-43(56)30-59-40-16-11-8-12-17-40)29-60-48(35-14-9-7-10-15-35,36-18-22-38(57-5)23-19-36)37-20-24-39(58-6)25-21-37/h7-12,14-25,31-34,41-42,47H,13,27-30H2,1-6H3,(H,50,51,53,56)/t41-,42+,47+,64?/m0/s1. The highest BCUT2D eigenvalue weighted by molar-refractivity contribution is 7.44. The number of carbonyl (C=O) groups excluding carboxylic acids is 1. The number of para-hydroxylation sites is 1. The molecule has 2 aromatic heterocycles. The molecule has 7 rings (SSSR count). The number of rotatable bonds is 21. The first-order valence-corrected chi connectivity index (χ1v) is 22.3. The number of aromatic nitrogens is 4. The van der Waals surface area contributed by atoms with Crippen molar-refractivity contribution in [2.45, 2.75) is 76.7 Å². The highest BCUT2D eigenvalue weighted by atomic mass is 31.2. The smallest absolute Gasteiger partial charge is 0.263 e. The number of nitrogens with zero attached hydrogens (tertiary/aromatic N) is 6. The molecule has 1 saturated heterocycles. The molecule has 4 atom stereocenters. The third-order valence-corrected chi connectivity index (χ3v) is 12.9. The van der Waals surface area contributed by atoms with E-state index in [0.717, 1.165) is 16.7 Å². The summed E-state index contributed by atoms with van der Waals surface area (Å²) < 4.78 is 48.5. The van der Waals surface area contributed by atoms with Crippen molar-refractivity contribution in [1.29, 1.82) is 5.26 Å². The first kappa shape index (κ1) is 46.0. The maximum atomic E-state index is 13.1. The molecule has 1 aliphatic heterocycles. The molecule has 0 bridgehead atoms. The molecule has 3 heterocycles. The summed E-state index contributed by atoms with van der Waals surface area (Å²) in [5.74, 6) is 1.81. The highest BCUT2D eigenvalue weighted by Crippen LogP contribution is 2.51. The zero-order valence-corrected chi connectivity index (χ0v) is 37.8. The number of amides is 1. The van der Waals surface area contributed by atoms with Crippen molar-refractivity contribution in [1.82, 2.24) is 24.2 Å². The number of nitrogens with one attached hydrogen (secondary N) is 1. The largest absolute Gasteiger partial charge is 0.497 e. The first-order chi connectivity index (χ1) is 31.1. The van der Waals surface area contributed by atoms with Gasteiger partial charge in [-0.3, -0.25) is 9.36 Å². The summed E-state index contributed by atoms with van der Waals surface area (Å²) in [5.41, 5.74) is 2.36. The minimum atomic E-state index is -1.68. The van der Waals surface area contributed by atoms with Crippen LogP contribution in [0.5, 0.6) is 17.2 Å². The van der Waals surface area contributed by atoms with Crippen LogP contribution in [0.3, 0.4) is 0 Å². The lowest BCUT2D eigenvalue weighted by atomic mass is 9.80. The van der Waals surface area contributed by atoms with Crippen molar-refractivity contribution in [2.24, 2.45) is 0 Å². The predicted molar refractivity (Wildman–Crippen MR) is 243 cm³/mol. The Morgan fingerprint density at radius 3 is 2.06 bits per heavy atom. The Bertz CT molecular complexity index is 2400. The average Bonchev–Trinajstić information content (AvgIpc) is 3.93. The molecule has 6 aromatic rings. The van der Waals surface area contributed by atoms with E-state index >= 15 is 0 Å². The number of methoxy groups -OCH3 is 2. The average molecular weight is 888 g/mol. The number of benzene rings is 4. The number of hydrogen-bond acceptors (Lipinski definition) is 13. The molecule has 64 heavy (non-hydrogen) atoms. The van der Waals surface area contributed by atoms with Gasteiger partial charge in [-0.15, -0.1) is 0 Å². The Hall–Kier alpha value is -5.98. The van der Waals surface area contributed by atoms with Gasteiger partial charge in [-0.1, -0.05) is 72.8 Å². The highest BCUT2D eigenvalue weighted by Gasteiger charge is 2.45. The number of carbonyl (C=O) groups is 1. The molecule has 0 aliphatic carbocycles. The Morgan fingerprint density at radius 1 is 0.859 bits per heavy atom. The summed E-state index contributed by atoms with van der Waals surface area (Å²) in [7, 11) is 1.60. The van der Waals surface area contributed by atoms with Crippen LogP contribution in [0.25, 0.3) is 11.2 Å². The summed E-state index contributed by atoms with van der Waals surface area (Å²) in [6, 6.07) is 37.2.